The average molecular weight is 216 g/mol. The van der Waals surface area contributed by atoms with Crippen molar-refractivity contribution in [1.82, 2.24) is 4.98 Å². The second-order valence-corrected chi connectivity index (χ2v) is 4.82. The zero-order valence-electron chi connectivity index (χ0n) is 9.58. The molecule has 1 aliphatic rings. The van der Waals surface area contributed by atoms with Gasteiger partial charge in [-0.15, -0.1) is 0 Å². The highest BCUT2D eigenvalue weighted by Crippen LogP contribution is 2.36. The Morgan fingerprint density at radius 1 is 1.50 bits per heavy atom. The number of carbonyl (C=O) groups excluding carboxylic acids is 1. The molecule has 0 saturated heterocycles. The van der Waals surface area contributed by atoms with Gasteiger partial charge in [-0.2, -0.15) is 0 Å². The maximum absolute atomic E-state index is 11.4. The molecule has 0 saturated carbocycles. The van der Waals surface area contributed by atoms with Gasteiger partial charge in [0.2, 0.25) is 5.91 Å². The molecule has 0 unspecified atom stereocenters. The van der Waals surface area contributed by atoms with Crippen molar-refractivity contribution in [2.24, 2.45) is 11.1 Å². The molecule has 1 aromatic rings. The summed E-state index contributed by atoms with van der Waals surface area (Å²) in [7, 11) is 0. The fraction of sp³-hybridized carbons (Fsp3) is 0.308. The van der Waals surface area contributed by atoms with Gasteiger partial charge < -0.3 is 10.7 Å². The number of aromatic nitrogens is 1. The zero-order chi connectivity index (χ0) is 11.8. The fourth-order valence-electron chi connectivity index (χ4n) is 1.96. The van der Waals surface area contributed by atoms with Crippen molar-refractivity contribution in [3.63, 3.8) is 0 Å². The highest BCUT2D eigenvalue weighted by Gasteiger charge is 2.25. The predicted molar refractivity (Wildman–Crippen MR) is 64.4 cm³/mol. The highest BCUT2D eigenvalue weighted by molar-refractivity contribution is 6.08. The number of aromatic amines is 1. The Labute approximate surface area is 95.0 Å². The van der Waals surface area contributed by atoms with Crippen molar-refractivity contribution >= 4 is 11.5 Å². The molecule has 0 bridgehead atoms. The molecule has 3 N–H and O–H groups in total. The van der Waals surface area contributed by atoms with E-state index in [1.165, 1.54) is 0 Å². The Kier molecular flexibility index (Phi) is 2.46. The van der Waals surface area contributed by atoms with E-state index in [4.69, 9.17) is 5.73 Å². The van der Waals surface area contributed by atoms with Crippen LogP contribution in [0.25, 0.3) is 5.57 Å². The lowest BCUT2D eigenvalue weighted by Crippen LogP contribution is -2.21. The first-order valence-electron chi connectivity index (χ1n) is 5.36. The number of hydrogen-bond acceptors (Lipinski definition) is 1. The lowest BCUT2D eigenvalue weighted by molar-refractivity contribution is -0.114. The Balaban J connectivity index is 2.48. The Hall–Kier alpha value is -1.77. The first-order chi connectivity index (χ1) is 7.49. The molecule has 0 spiro atoms. The standard InChI is InChI=1S/C13H16N2O/c1-13(2)6-5-9(12(14)16)10(8-13)11-4-3-7-15-11/h3-5,7-8,15H,6H2,1-2H3,(H2,14,16). The fourth-order valence-corrected chi connectivity index (χ4v) is 1.96. The van der Waals surface area contributed by atoms with Crippen molar-refractivity contribution in [2.45, 2.75) is 20.3 Å². The van der Waals surface area contributed by atoms with Crippen LogP contribution in [0.3, 0.4) is 0 Å². The van der Waals surface area contributed by atoms with Crippen molar-refractivity contribution in [3.05, 3.63) is 41.7 Å². The molecule has 3 nitrogen and oxygen atoms in total. The Bertz CT molecular complexity index is 464. The van der Waals surface area contributed by atoms with E-state index >= 15 is 0 Å². The molecule has 1 aliphatic carbocycles. The summed E-state index contributed by atoms with van der Waals surface area (Å²) in [4.78, 5) is 14.5. The summed E-state index contributed by atoms with van der Waals surface area (Å²) < 4.78 is 0. The molecule has 0 aliphatic heterocycles. The van der Waals surface area contributed by atoms with Gasteiger partial charge in [0.15, 0.2) is 0 Å². The molecule has 1 aromatic heterocycles. The summed E-state index contributed by atoms with van der Waals surface area (Å²) in [6, 6.07) is 3.86. The number of primary amides is 1. The number of hydrogen-bond donors (Lipinski definition) is 2. The Morgan fingerprint density at radius 2 is 2.25 bits per heavy atom. The van der Waals surface area contributed by atoms with Gasteiger partial charge in [-0.05, 0) is 24.0 Å². The van der Waals surface area contributed by atoms with Gasteiger partial charge in [0.1, 0.15) is 0 Å². The summed E-state index contributed by atoms with van der Waals surface area (Å²) in [6.07, 6.45) is 6.73. The van der Waals surface area contributed by atoms with Crippen molar-refractivity contribution in [3.8, 4) is 0 Å². The van der Waals surface area contributed by atoms with E-state index in [2.05, 4.69) is 24.9 Å². The minimum absolute atomic E-state index is 0.0688. The summed E-state index contributed by atoms with van der Waals surface area (Å²) in [5.74, 6) is -0.364. The maximum atomic E-state index is 11.4. The summed E-state index contributed by atoms with van der Waals surface area (Å²) >= 11 is 0. The molecule has 0 aromatic carbocycles. The van der Waals surface area contributed by atoms with Crippen LogP contribution in [0.4, 0.5) is 0 Å². The molecular weight excluding hydrogens is 200 g/mol. The van der Waals surface area contributed by atoms with E-state index < -0.39 is 0 Å². The lowest BCUT2D eigenvalue weighted by Gasteiger charge is -2.25. The summed E-state index contributed by atoms with van der Waals surface area (Å²) in [5.41, 5.74) is 7.93. The smallest absolute Gasteiger partial charge is 0.249 e. The SMILES string of the molecule is CC1(C)C=C(c2ccc[nH]2)C(C(N)=O)=CC1. The van der Waals surface area contributed by atoms with E-state index in [9.17, 15) is 4.79 Å². The van der Waals surface area contributed by atoms with E-state index in [0.29, 0.717) is 5.57 Å². The van der Waals surface area contributed by atoms with Gasteiger partial charge >= 0.3 is 0 Å². The third-order valence-electron chi connectivity index (χ3n) is 2.81. The number of nitrogens with one attached hydrogen (secondary N) is 1. The number of amides is 1. The molecule has 2 rings (SSSR count). The van der Waals surface area contributed by atoms with Crippen LogP contribution in [0.1, 0.15) is 26.0 Å². The van der Waals surface area contributed by atoms with Gasteiger partial charge in [-0.25, -0.2) is 0 Å². The van der Waals surface area contributed by atoms with E-state index in [1.54, 1.807) is 0 Å². The van der Waals surface area contributed by atoms with Crippen LogP contribution in [-0.4, -0.2) is 10.9 Å². The third-order valence-corrected chi connectivity index (χ3v) is 2.81. The van der Waals surface area contributed by atoms with Crippen LogP contribution in [-0.2, 0) is 4.79 Å². The van der Waals surface area contributed by atoms with E-state index in [1.807, 2.05) is 24.4 Å². The minimum atomic E-state index is -0.364. The first kappa shape index (κ1) is 10.7. The molecule has 0 fully saturated rings. The molecule has 1 heterocycles. The van der Waals surface area contributed by atoms with Gasteiger partial charge in [0.25, 0.3) is 0 Å². The number of carbonyl (C=O) groups is 1. The van der Waals surface area contributed by atoms with Crippen LogP contribution < -0.4 is 5.73 Å². The number of rotatable bonds is 2. The van der Waals surface area contributed by atoms with Crippen LogP contribution in [0, 0.1) is 5.41 Å². The summed E-state index contributed by atoms with van der Waals surface area (Å²) in [5, 5.41) is 0. The third kappa shape index (κ3) is 1.94. The van der Waals surface area contributed by atoms with Gasteiger partial charge in [0.05, 0.1) is 0 Å². The zero-order valence-corrected chi connectivity index (χ0v) is 9.58. The largest absolute Gasteiger partial charge is 0.366 e. The van der Waals surface area contributed by atoms with Crippen LogP contribution in [0.2, 0.25) is 0 Å². The van der Waals surface area contributed by atoms with Crippen molar-refractivity contribution < 1.29 is 4.79 Å². The number of allylic oxidation sites excluding steroid dienone is 2. The molecule has 1 amide bonds. The molecular formula is C13H16N2O. The predicted octanol–water partition coefficient (Wildman–Crippen LogP) is 2.24. The van der Waals surface area contributed by atoms with Gasteiger partial charge in [-0.3, -0.25) is 4.79 Å². The second-order valence-electron chi connectivity index (χ2n) is 4.82. The molecule has 3 heteroatoms. The highest BCUT2D eigenvalue weighted by atomic mass is 16.1. The minimum Gasteiger partial charge on any atom is -0.366 e. The Morgan fingerprint density at radius 3 is 2.81 bits per heavy atom. The van der Waals surface area contributed by atoms with Gasteiger partial charge in [0, 0.05) is 23.0 Å². The number of nitrogens with two attached hydrogens (primary N) is 1. The van der Waals surface area contributed by atoms with E-state index in [-0.39, 0.29) is 11.3 Å². The van der Waals surface area contributed by atoms with E-state index in [0.717, 1.165) is 17.7 Å². The molecule has 0 radical (unpaired) electrons. The maximum Gasteiger partial charge on any atom is 0.249 e. The molecule has 16 heavy (non-hydrogen) atoms. The van der Waals surface area contributed by atoms with Crippen molar-refractivity contribution in [2.75, 3.05) is 0 Å². The normalized spacial score (nSPS) is 18.9. The van der Waals surface area contributed by atoms with Crippen LogP contribution >= 0.6 is 0 Å². The molecule has 0 atom stereocenters. The van der Waals surface area contributed by atoms with Crippen molar-refractivity contribution in [1.29, 1.82) is 0 Å². The molecule has 84 valence electrons. The second kappa shape index (κ2) is 3.67. The lowest BCUT2D eigenvalue weighted by atomic mass is 9.79. The number of H-pyrrole nitrogens is 1. The monoisotopic (exact) mass is 216 g/mol. The first-order valence-corrected chi connectivity index (χ1v) is 5.36. The average Bonchev–Trinajstić information content (AvgIpc) is 2.68. The van der Waals surface area contributed by atoms with Crippen LogP contribution in [0.5, 0.6) is 0 Å². The topological polar surface area (TPSA) is 58.9 Å². The quantitative estimate of drug-likeness (QED) is 0.782. The van der Waals surface area contributed by atoms with Gasteiger partial charge in [-0.1, -0.05) is 26.0 Å². The summed E-state index contributed by atoms with van der Waals surface area (Å²) in [6.45, 7) is 4.29. The van der Waals surface area contributed by atoms with Crippen LogP contribution in [0.15, 0.2) is 36.1 Å².